The van der Waals surface area contributed by atoms with Crippen molar-refractivity contribution in [2.75, 3.05) is 11.5 Å². The van der Waals surface area contributed by atoms with Gasteiger partial charge in [-0.25, -0.2) is 8.42 Å². The van der Waals surface area contributed by atoms with Gasteiger partial charge < -0.3 is 10.2 Å². The molecule has 0 amide bonds. The maximum atomic E-state index is 11.2. The van der Waals surface area contributed by atoms with Crippen molar-refractivity contribution in [3.63, 3.8) is 0 Å². The summed E-state index contributed by atoms with van der Waals surface area (Å²) in [6.45, 7) is 1.72. The van der Waals surface area contributed by atoms with Crippen molar-refractivity contribution in [3.05, 3.63) is 0 Å². The molecule has 0 bridgehead atoms. The summed E-state index contributed by atoms with van der Waals surface area (Å²) in [5.74, 6) is -1.33. The largest absolute Gasteiger partial charge is 0.480 e. The second kappa shape index (κ2) is 4.71. The van der Waals surface area contributed by atoms with Gasteiger partial charge in [0.2, 0.25) is 0 Å². The Bertz CT molecular complexity index is 337. The van der Waals surface area contributed by atoms with Crippen LogP contribution in [0.4, 0.5) is 0 Å². The number of aliphatic hydroxyl groups is 1. The highest BCUT2D eigenvalue weighted by Gasteiger charge is 2.38. The van der Waals surface area contributed by atoms with Crippen LogP contribution in [0.25, 0.3) is 0 Å². The minimum atomic E-state index is -3.19. The molecule has 3 unspecified atom stereocenters. The molecule has 0 aromatic rings. The lowest BCUT2D eigenvalue weighted by Gasteiger charge is -2.16. The summed E-state index contributed by atoms with van der Waals surface area (Å²) >= 11 is 1.04. The number of carboxylic acid groups (broad SMARTS) is 1. The Hall–Kier alpha value is -0.270. The van der Waals surface area contributed by atoms with Gasteiger partial charge in [-0.15, -0.1) is 11.8 Å². The zero-order valence-electron chi connectivity index (χ0n) is 8.29. The van der Waals surface area contributed by atoms with E-state index in [0.29, 0.717) is 6.42 Å². The molecule has 15 heavy (non-hydrogen) atoms. The lowest BCUT2D eigenvalue weighted by Crippen LogP contribution is -2.26. The molecule has 0 radical (unpaired) electrons. The molecule has 7 heteroatoms. The molecular weight excluding hydrogens is 240 g/mol. The minimum absolute atomic E-state index is 0.122. The van der Waals surface area contributed by atoms with E-state index in [2.05, 4.69) is 0 Å². The molecule has 1 saturated heterocycles. The summed E-state index contributed by atoms with van der Waals surface area (Å²) in [6.07, 6.45) is -0.517. The number of rotatable bonds is 4. The first-order chi connectivity index (χ1) is 6.85. The van der Waals surface area contributed by atoms with Crippen molar-refractivity contribution in [2.45, 2.75) is 29.9 Å². The number of hydrogen-bond acceptors (Lipinski definition) is 5. The number of thioether (sulfide) groups is 1. The highest BCUT2D eigenvalue weighted by molar-refractivity contribution is 8.03. The van der Waals surface area contributed by atoms with Gasteiger partial charge in [0.15, 0.2) is 9.84 Å². The molecule has 88 valence electrons. The molecule has 0 saturated carbocycles. The fraction of sp³-hybridized carbons (Fsp3) is 0.875. The lowest BCUT2D eigenvalue weighted by molar-refractivity contribution is -0.136. The van der Waals surface area contributed by atoms with E-state index < -0.39 is 32.4 Å². The number of carboxylic acids is 1. The van der Waals surface area contributed by atoms with Gasteiger partial charge >= 0.3 is 5.97 Å². The Morgan fingerprint density at radius 2 is 2.13 bits per heavy atom. The Labute approximate surface area is 92.8 Å². The summed E-state index contributed by atoms with van der Waals surface area (Å²) in [4.78, 5) is 10.7. The first kappa shape index (κ1) is 12.8. The molecule has 1 heterocycles. The van der Waals surface area contributed by atoms with E-state index >= 15 is 0 Å². The van der Waals surface area contributed by atoms with E-state index in [1.54, 1.807) is 6.92 Å². The minimum Gasteiger partial charge on any atom is -0.480 e. The van der Waals surface area contributed by atoms with Crippen LogP contribution >= 0.6 is 11.8 Å². The summed E-state index contributed by atoms with van der Waals surface area (Å²) in [6, 6.07) is 0. The van der Waals surface area contributed by atoms with Gasteiger partial charge in [0.25, 0.3) is 0 Å². The fourth-order valence-electron chi connectivity index (χ4n) is 1.47. The van der Waals surface area contributed by atoms with Gasteiger partial charge in [0.1, 0.15) is 5.25 Å². The Kier molecular flexibility index (Phi) is 4.02. The Morgan fingerprint density at radius 1 is 1.53 bits per heavy atom. The molecular formula is C8H14O5S2. The highest BCUT2D eigenvalue weighted by atomic mass is 32.2. The average Bonchev–Trinajstić information content (AvgIpc) is 2.34. The molecule has 2 N–H and O–H groups in total. The monoisotopic (exact) mass is 254 g/mol. The van der Waals surface area contributed by atoms with Gasteiger partial charge in [0.05, 0.1) is 17.6 Å². The number of aliphatic hydroxyl groups excluding tert-OH is 1. The predicted molar refractivity (Wildman–Crippen MR) is 57.8 cm³/mol. The molecule has 1 aliphatic rings. The SMILES string of the molecule is CCC(SC1CS(=O)(=O)CC1O)C(=O)O. The summed E-state index contributed by atoms with van der Waals surface area (Å²) in [5, 5.41) is 17.1. The fourth-order valence-corrected chi connectivity index (χ4v) is 5.14. The first-order valence-electron chi connectivity index (χ1n) is 4.62. The second-order valence-corrected chi connectivity index (χ2v) is 7.15. The van der Waals surface area contributed by atoms with Crippen LogP contribution in [0.2, 0.25) is 0 Å². The van der Waals surface area contributed by atoms with Crippen LogP contribution in [-0.4, -0.2) is 52.7 Å². The van der Waals surface area contributed by atoms with Gasteiger partial charge in [-0.1, -0.05) is 6.92 Å². The molecule has 5 nitrogen and oxygen atoms in total. The van der Waals surface area contributed by atoms with E-state index in [1.165, 1.54) is 0 Å². The van der Waals surface area contributed by atoms with E-state index in [0.717, 1.165) is 11.8 Å². The molecule has 1 aliphatic heterocycles. The maximum absolute atomic E-state index is 11.2. The van der Waals surface area contributed by atoms with Crippen molar-refractivity contribution >= 4 is 27.6 Å². The van der Waals surface area contributed by atoms with Crippen molar-refractivity contribution in [2.24, 2.45) is 0 Å². The van der Waals surface area contributed by atoms with Crippen LogP contribution in [0.1, 0.15) is 13.3 Å². The van der Waals surface area contributed by atoms with E-state index in [9.17, 15) is 18.3 Å². The highest BCUT2D eigenvalue weighted by Crippen LogP contribution is 2.29. The number of hydrogen-bond donors (Lipinski definition) is 2. The average molecular weight is 254 g/mol. The topological polar surface area (TPSA) is 91.7 Å². The van der Waals surface area contributed by atoms with Gasteiger partial charge in [-0.3, -0.25) is 4.79 Å². The molecule has 0 aromatic carbocycles. The molecule has 0 aromatic heterocycles. The smallest absolute Gasteiger partial charge is 0.316 e. The number of sulfone groups is 1. The van der Waals surface area contributed by atoms with Crippen LogP contribution in [0.3, 0.4) is 0 Å². The van der Waals surface area contributed by atoms with Crippen LogP contribution in [0.5, 0.6) is 0 Å². The zero-order valence-corrected chi connectivity index (χ0v) is 9.92. The molecule has 1 fully saturated rings. The predicted octanol–water partition coefficient (Wildman–Crippen LogP) is -0.259. The van der Waals surface area contributed by atoms with E-state index in [4.69, 9.17) is 5.11 Å². The zero-order chi connectivity index (χ0) is 11.6. The molecule has 1 rings (SSSR count). The van der Waals surface area contributed by atoms with Gasteiger partial charge in [-0.2, -0.15) is 0 Å². The molecule has 0 aliphatic carbocycles. The van der Waals surface area contributed by atoms with Crippen LogP contribution in [0, 0.1) is 0 Å². The van der Waals surface area contributed by atoms with E-state index in [1.807, 2.05) is 0 Å². The Balaban J connectivity index is 2.63. The number of carbonyl (C=O) groups is 1. The third-order valence-corrected chi connectivity index (χ3v) is 5.88. The van der Waals surface area contributed by atoms with Crippen molar-refractivity contribution < 1.29 is 23.4 Å². The van der Waals surface area contributed by atoms with Gasteiger partial charge in [0, 0.05) is 5.25 Å². The summed E-state index contributed by atoms with van der Waals surface area (Å²) in [7, 11) is -3.19. The third-order valence-electron chi connectivity index (χ3n) is 2.26. The maximum Gasteiger partial charge on any atom is 0.316 e. The second-order valence-electron chi connectivity index (χ2n) is 3.55. The quantitative estimate of drug-likeness (QED) is 0.718. The van der Waals surface area contributed by atoms with Crippen molar-refractivity contribution in [1.29, 1.82) is 0 Å². The molecule has 0 spiro atoms. The van der Waals surface area contributed by atoms with E-state index in [-0.39, 0.29) is 11.5 Å². The summed E-state index contributed by atoms with van der Waals surface area (Å²) < 4.78 is 22.3. The van der Waals surface area contributed by atoms with Gasteiger partial charge in [-0.05, 0) is 6.42 Å². The normalized spacial score (nSPS) is 31.3. The third kappa shape index (κ3) is 3.35. The lowest BCUT2D eigenvalue weighted by atomic mass is 10.3. The summed E-state index contributed by atoms with van der Waals surface area (Å²) in [5.41, 5.74) is 0. The number of aliphatic carboxylic acids is 1. The van der Waals surface area contributed by atoms with Crippen molar-refractivity contribution in [3.8, 4) is 0 Å². The van der Waals surface area contributed by atoms with Crippen LogP contribution in [-0.2, 0) is 14.6 Å². The van der Waals surface area contributed by atoms with Crippen LogP contribution < -0.4 is 0 Å². The standard InChI is InChI=1S/C8H14O5S2/c1-2-6(8(10)11)14-7-4-15(12,13)3-5(7)9/h5-7,9H,2-4H2,1H3,(H,10,11). The Morgan fingerprint density at radius 3 is 2.47 bits per heavy atom. The first-order valence-corrected chi connectivity index (χ1v) is 7.39. The van der Waals surface area contributed by atoms with Crippen LogP contribution in [0.15, 0.2) is 0 Å². The van der Waals surface area contributed by atoms with Crippen molar-refractivity contribution in [1.82, 2.24) is 0 Å². The molecule has 3 atom stereocenters.